The normalized spacial score (nSPS) is 15.0. The number of hydrogen-bond donors (Lipinski definition) is 0. The summed E-state index contributed by atoms with van der Waals surface area (Å²) in [6.07, 6.45) is 1.35. The van der Waals surface area contributed by atoms with Gasteiger partial charge >= 0.3 is 48.6 Å². The van der Waals surface area contributed by atoms with Gasteiger partial charge < -0.3 is 0 Å². The van der Waals surface area contributed by atoms with Crippen molar-refractivity contribution in [1.29, 1.82) is 0 Å². The van der Waals surface area contributed by atoms with Crippen molar-refractivity contribution in [3.63, 3.8) is 0 Å². The van der Waals surface area contributed by atoms with Crippen molar-refractivity contribution < 1.29 is 0 Å². The number of hydrogen-bond acceptors (Lipinski definition) is 0. The molecule has 0 nitrogen and oxygen atoms in total. The van der Waals surface area contributed by atoms with E-state index < -0.39 is 0 Å². The third-order valence-corrected chi connectivity index (χ3v) is 2.01. The van der Waals surface area contributed by atoms with Gasteiger partial charge in [0, 0.05) is 0 Å². The van der Waals surface area contributed by atoms with E-state index >= 15 is 0 Å². The summed E-state index contributed by atoms with van der Waals surface area (Å²) in [4.78, 5) is 0. The summed E-state index contributed by atoms with van der Waals surface area (Å²) >= 11 is 1.54. The fraction of sp³-hybridized carbons (Fsp3) is 1.00. The van der Waals surface area contributed by atoms with Gasteiger partial charge in [0.05, 0.1) is 0 Å². The molecule has 0 N–H and O–H groups in total. The van der Waals surface area contributed by atoms with Crippen LogP contribution in [0.25, 0.3) is 0 Å². The topological polar surface area (TPSA) is 0 Å². The van der Waals surface area contributed by atoms with Crippen molar-refractivity contribution in [2.24, 2.45) is 0 Å². The van der Waals surface area contributed by atoms with Crippen LogP contribution in [0.3, 0.4) is 0 Å². The molecular weight excluding hydrogens is 257 g/mol. The summed E-state index contributed by atoms with van der Waals surface area (Å²) < 4.78 is 0.995. The predicted octanol–water partition coefficient (Wildman–Crippen LogP) is 1.37. The second kappa shape index (κ2) is 3.09. The van der Waals surface area contributed by atoms with E-state index in [9.17, 15) is 0 Å². The van der Waals surface area contributed by atoms with Gasteiger partial charge in [0.15, 0.2) is 0 Å². The van der Waals surface area contributed by atoms with Crippen LogP contribution in [-0.2, 0) is 0 Å². The van der Waals surface area contributed by atoms with E-state index in [0.717, 1.165) is 3.63 Å². The zero-order chi connectivity index (χ0) is 4.28. The molecule has 0 rings (SSSR count). The molecule has 0 aromatic carbocycles. The quantitative estimate of drug-likeness (QED) is 0.629. The Bertz CT molecular complexity index is 17.6. The van der Waals surface area contributed by atoms with Crippen molar-refractivity contribution in [2.45, 2.75) is 23.9 Å². The molecule has 2 radical (unpaired) electrons. The van der Waals surface area contributed by atoms with Gasteiger partial charge in [0.1, 0.15) is 0 Å². The van der Waals surface area contributed by atoms with Crippen LogP contribution in [0.15, 0.2) is 0 Å². The molecule has 5 heavy (non-hydrogen) atoms. The van der Waals surface area contributed by atoms with Gasteiger partial charge in [-0.05, 0) is 0 Å². The van der Waals surface area contributed by atoms with E-state index in [1.165, 1.54) is 6.42 Å². The maximum absolute atomic E-state index is 2.27. The molecule has 1 heteroatoms. The SMILES string of the molecule is CC[CH](C)[Bi]. The van der Waals surface area contributed by atoms with Gasteiger partial charge in [0.25, 0.3) is 0 Å². The Morgan fingerprint density at radius 2 is 2.00 bits per heavy atom. The molecule has 0 amide bonds. The molecule has 0 fully saturated rings. The Morgan fingerprint density at radius 3 is 2.00 bits per heavy atom. The van der Waals surface area contributed by atoms with Gasteiger partial charge in [-0.25, -0.2) is 0 Å². The third kappa shape index (κ3) is 4.88. The Balaban J connectivity index is 2.54. The van der Waals surface area contributed by atoms with E-state index in [4.69, 9.17) is 0 Å². The Morgan fingerprint density at radius 1 is 1.80 bits per heavy atom. The molecule has 30 valence electrons. The molecule has 0 aromatic rings. The zero-order valence-electron chi connectivity index (χ0n) is 3.73. The van der Waals surface area contributed by atoms with Crippen LogP contribution in [0.1, 0.15) is 20.3 Å². The first kappa shape index (κ1) is 5.88. The van der Waals surface area contributed by atoms with Crippen LogP contribution in [0.5, 0.6) is 0 Å². The van der Waals surface area contributed by atoms with Crippen molar-refractivity contribution in [1.82, 2.24) is 0 Å². The van der Waals surface area contributed by atoms with Crippen LogP contribution in [-0.4, -0.2) is 24.7 Å². The molecule has 1 unspecified atom stereocenters. The molecule has 1 atom stereocenters. The molecule has 0 heterocycles. The van der Waals surface area contributed by atoms with E-state index in [2.05, 4.69) is 13.8 Å². The Kier molecular flexibility index (Phi) is 3.63. The second-order valence-corrected chi connectivity index (χ2v) is 4.68. The minimum absolute atomic E-state index is 0.995. The zero-order valence-corrected chi connectivity index (χ0v) is 7.21. The van der Waals surface area contributed by atoms with Crippen molar-refractivity contribution in [3.05, 3.63) is 0 Å². The fourth-order valence-corrected chi connectivity index (χ4v) is 0. The summed E-state index contributed by atoms with van der Waals surface area (Å²) in [5, 5.41) is 0. The van der Waals surface area contributed by atoms with E-state index in [0.29, 0.717) is 0 Å². The Labute approximate surface area is 48.8 Å². The number of rotatable bonds is 1. The van der Waals surface area contributed by atoms with Crippen LogP contribution in [0, 0.1) is 0 Å². The summed E-state index contributed by atoms with van der Waals surface area (Å²) in [7, 11) is 0. The van der Waals surface area contributed by atoms with Crippen molar-refractivity contribution >= 4 is 24.7 Å². The van der Waals surface area contributed by atoms with Crippen molar-refractivity contribution in [3.8, 4) is 0 Å². The molecule has 0 saturated carbocycles. The Hall–Kier alpha value is 0.883. The molecule has 0 aliphatic heterocycles. The fourth-order valence-electron chi connectivity index (χ4n) is 0. The van der Waals surface area contributed by atoms with Crippen LogP contribution in [0.4, 0.5) is 0 Å². The first-order valence-electron chi connectivity index (χ1n) is 1.95. The minimum atomic E-state index is 0.995. The molecule has 0 aliphatic rings. The van der Waals surface area contributed by atoms with Crippen LogP contribution < -0.4 is 0 Å². The van der Waals surface area contributed by atoms with Gasteiger partial charge in [-0.15, -0.1) is 0 Å². The van der Waals surface area contributed by atoms with Crippen LogP contribution >= 0.6 is 0 Å². The second-order valence-electron chi connectivity index (χ2n) is 1.26. The summed E-state index contributed by atoms with van der Waals surface area (Å²) in [5.74, 6) is 0. The first-order valence-corrected chi connectivity index (χ1v) is 3.96. The van der Waals surface area contributed by atoms with Gasteiger partial charge in [-0.3, -0.25) is 0 Å². The molecule has 0 saturated heterocycles. The van der Waals surface area contributed by atoms with Gasteiger partial charge in [-0.2, -0.15) is 0 Å². The summed E-state index contributed by atoms with van der Waals surface area (Å²) in [6.45, 7) is 4.50. The molecule has 0 aliphatic carbocycles. The van der Waals surface area contributed by atoms with E-state index in [-0.39, 0.29) is 0 Å². The monoisotopic (exact) mass is 266 g/mol. The molecule has 0 spiro atoms. The average Bonchev–Trinajstić information content (AvgIpc) is 1.38. The van der Waals surface area contributed by atoms with Crippen LogP contribution in [0.2, 0.25) is 3.63 Å². The molecular formula is C4H9Bi. The average molecular weight is 266 g/mol. The molecule has 0 bridgehead atoms. The maximum atomic E-state index is 2.27. The van der Waals surface area contributed by atoms with Gasteiger partial charge in [0.2, 0.25) is 0 Å². The molecule has 0 aromatic heterocycles. The standard InChI is InChI=1S/C4H9.Bi/c1-3-4-2;/h3H,4H2,1-2H3;. The third-order valence-electron chi connectivity index (χ3n) is 0.591. The summed E-state index contributed by atoms with van der Waals surface area (Å²) in [6, 6.07) is 0. The first-order chi connectivity index (χ1) is 2.27. The van der Waals surface area contributed by atoms with E-state index in [1.807, 2.05) is 0 Å². The van der Waals surface area contributed by atoms with E-state index in [1.54, 1.807) is 24.7 Å². The summed E-state index contributed by atoms with van der Waals surface area (Å²) in [5.41, 5.74) is 0. The van der Waals surface area contributed by atoms with Crippen molar-refractivity contribution in [2.75, 3.05) is 0 Å². The van der Waals surface area contributed by atoms with Gasteiger partial charge in [-0.1, -0.05) is 0 Å². The predicted molar refractivity (Wildman–Crippen MR) is 25.5 cm³/mol.